The predicted molar refractivity (Wildman–Crippen MR) is 140 cm³/mol. The zero-order chi connectivity index (χ0) is 28.8. The highest BCUT2D eigenvalue weighted by Gasteiger charge is 2.24. The van der Waals surface area contributed by atoms with E-state index in [1.165, 1.54) is 42.5 Å². The monoisotopic (exact) mass is 592 g/mol. The van der Waals surface area contributed by atoms with Gasteiger partial charge in [-0.2, -0.15) is 8.42 Å². The Balaban J connectivity index is 0.000000983. The van der Waals surface area contributed by atoms with Crippen molar-refractivity contribution in [3.8, 4) is 23.0 Å². The van der Waals surface area contributed by atoms with E-state index in [-0.39, 0.29) is 21.3 Å². The van der Waals surface area contributed by atoms with Crippen LogP contribution in [0.15, 0.2) is 106 Å². The van der Waals surface area contributed by atoms with Crippen LogP contribution in [0.5, 0.6) is 23.0 Å². The van der Waals surface area contributed by atoms with Crippen LogP contribution < -0.4 is 20.9 Å². The smallest absolute Gasteiger partial charge is 0.425 e. The molecule has 39 heavy (non-hydrogen) atoms. The topological polar surface area (TPSA) is 210 Å². The van der Waals surface area contributed by atoms with E-state index in [0.29, 0.717) is 22.9 Å². The molecule has 0 heterocycles. The lowest BCUT2D eigenvalue weighted by molar-refractivity contribution is 0.449. The molecule has 0 aromatic heterocycles. The first kappa shape index (κ1) is 29.1. The molecule has 4 rings (SSSR count). The fourth-order valence-electron chi connectivity index (χ4n) is 3.10. The standard InChI is InChI=1S/C24H20N2O7S2.O3S/c25-16-1-5-18(6-2-16)32-19-9-11-21(12-10-19)34(27,28)22-13-14-23(24(15-22)35(29,30)31)33-20-7-3-17(26)4-8-20;1-4(2)3/h1-15H,25-26H2,(H,29,30,31);. The quantitative estimate of drug-likeness (QED) is 0.208. The van der Waals surface area contributed by atoms with Gasteiger partial charge in [-0.1, -0.05) is 0 Å². The number of hydrogen-bond donors (Lipinski definition) is 3. The zero-order valence-corrected chi connectivity index (χ0v) is 22.1. The second-order valence-corrected chi connectivity index (χ2v) is 11.4. The van der Waals surface area contributed by atoms with Gasteiger partial charge in [-0.05, 0) is 91.0 Å². The molecule has 0 saturated carbocycles. The summed E-state index contributed by atoms with van der Waals surface area (Å²) in [4.78, 5) is -1.14. The van der Waals surface area contributed by atoms with Crippen molar-refractivity contribution < 1.29 is 43.5 Å². The molecule has 4 aromatic carbocycles. The van der Waals surface area contributed by atoms with E-state index in [0.717, 1.165) is 12.1 Å². The lowest BCUT2D eigenvalue weighted by Crippen LogP contribution is -2.06. The minimum absolute atomic E-state index is 0.101. The van der Waals surface area contributed by atoms with E-state index in [9.17, 15) is 21.4 Å². The Morgan fingerprint density at radius 3 is 1.41 bits per heavy atom. The molecule has 204 valence electrons. The maximum absolute atomic E-state index is 13.1. The van der Waals surface area contributed by atoms with Gasteiger partial charge in [0.2, 0.25) is 9.84 Å². The van der Waals surface area contributed by atoms with Gasteiger partial charge in [-0.25, -0.2) is 8.42 Å². The average Bonchev–Trinajstić information content (AvgIpc) is 2.86. The molecule has 0 fully saturated rings. The van der Waals surface area contributed by atoms with Crippen molar-refractivity contribution in [1.82, 2.24) is 0 Å². The second kappa shape index (κ2) is 12.0. The molecule has 0 aliphatic heterocycles. The van der Waals surface area contributed by atoms with Gasteiger partial charge in [-0.3, -0.25) is 4.55 Å². The van der Waals surface area contributed by atoms with Crippen LogP contribution >= 0.6 is 0 Å². The first-order valence-electron chi connectivity index (χ1n) is 10.6. The molecule has 12 nitrogen and oxygen atoms in total. The lowest BCUT2D eigenvalue weighted by Gasteiger charge is -2.12. The van der Waals surface area contributed by atoms with Gasteiger partial charge < -0.3 is 20.9 Å². The summed E-state index contributed by atoms with van der Waals surface area (Å²) in [5.74, 6) is 0.906. The molecule has 0 aliphatic carbocycles. The van der Waals surface area contributed by atoms with Gasteiger partial charge in [0.25, 0.3) is 10.1 Å². The molecule has 0 radical (unpaired) electrons. The van der Waals surface area contributed by atoms with Crippen molar-refractivity contribution in [3.05, 3.63) is 91.0 Å². The van der Waals surface area contributed by atoms with E-state index in [4.69, 9.17) is 33.6 Å². The molecule has 0 atom stereocenters. The van der Waals surface area contributed by atoms with E-state index >= 15 is 0 Å². The summed E-state index contributed by atoms with van der Waals surface area (Å²) < 4.78 is 96.5. The fourth-order valence-corrected chi connectivity index (χ4v) is 5.10. The zero-order valence-electron chi connectivity index (χ0n) is 19.7. The summed E-state index contributed by atoms with van der Waals surface area (Å²) in [6.07, 6.45) is 0. The van der Waals surface area contributed by atoms with Gasteiger partial charge in [0, 0.05) is 11.4 Å². The molecule has 0 saturated heterocycles. The van der Waals surface area contributed by atoms with Gasteiger partial charge >= 0.3 is 10.6 Å². The van der Waals surface area contributed by atoms with Crippen LogP contribution in [0.25, 0.3) is 0 Å². The maximum atomic E-state index is 13.1. The Morgan fingerprint density at radius 1 is 0.590 bits per heavy atom. The van der Waals surface area contributed by atoms with E-state index in [1.807, 2.05) is 0 Å². The third kappa shape index (κ3) is 8.02. The minimum atomic E-state index is -4.81. The van der Waals surface area contributed by atoms with Gasteiger partial charge in [0.05, 0.1) is 9.79 Å². The Hall–Kier alpha value is -4.44. The summed E-state index contributed by atoms with van der Waals surface area (Å²) in [6.45, 7) is 0. The molecule has 0 bridgehead atoms. The molecule has 4 aromatic rings. The van der Waals surface area contributed by atoms with Crippen LogP contribution in [0.1, 0.15) is 0 Å². The number of hydrogen-bond acceptors (Lipinski definition) is 11. The van der Waals surface area contributed by atoms with Crippen LogP contribution in [0.4, 0.5) is 11.4 Å². The minimum Gasteiger partial charge on any atom is -0.457 e. The highest BCUT2D eigenvalue weighted by atomic mass is 32.2. The van der Waals surface area contributed by atoms with Crippen LogP contribution in [-0.4, -0.2) is 34.0 Å². The summed E-state index contributed by atoms with van der Waals surface area (Å²) in [5.41, 5.74) is 12.3. The number of benzene rings is 4. The SMILES string of the molecule is Nc1ccc(Oc2ccc(S(=O)(=O)c3ccc(Oc4ccc(N)cc4)c(S(=O)(=O)O)c3)cc2)cc1.O=S(=O)=O. The van der Waals surface area contributed by atoms with Crippen LogP contribution in [-0.2, 0) is 30.6 Å². The van der Waals surface area contributed by atoms with Crippen molar-refractivity contribution in [2.24, 2.45) is 0 Å². The number of anilines is 2. The van der Waals surface area contributed by atoms with Gasteiger partial charge in [-0.15, -0.1) is 12.6 Å². The Labute approximate surface area is 225 Å². The molecule has 0 unspecified atom stereocenters. The van der Waals surface area contributed by atoms with E-state index in [1.54, 1.807) is 36.4 Å². The summed E-state index contributed by atoms with van der Waals surface area (Å²) in [6, 6.07) is 21.5. The van der Waals surface area contributed by atoms with Crippen molar-refractivity contribution in [2.75, 3.05) is 11.5 Å². The summed E-state index contributed by atoms with van der Waals surface area (Å²) in [7, 11) is -12.1. The first-order chi connectivity index (χ1) is 18.3. The van der Waals surface area contributed by atoms with Crippen LogP contribution in [0.3, 0.4) is 0 Å². The fraction of sp³-hybridized carbons (Fsp3) is 0. The predicted octanol–water partition coefficient (Wildman–Crippen LogP) is 3.51. The van der Waals surface area contributed by atoms with Crippen LogP contribution in [0, 0.1) is 0 Å². The van der Waals surface area contributed by atoms with Crippen LogP contribution in [0.2, 0.25) is 0 Å². The van der Waals surface area contributed by atoms with Crippen molar-refractivity contribution in [1.29, 1.82) is 0 Å². The first-order valence-corrected chi connectivity index (χ1v) is 14.5. The Kier molecular flexibility index (Phi) is 8.92. The molecule has 5 N–H and O–H groups in total. The highest BCUT2D eigenvalue weighted by Crippen LogP contribution is 2.33. The number of nitrogen functional groups attached to an aromatic ring is 2. The number of ether oxygens (including phenoxy) is 2. The summed E-state index contributed by atoms with van der Waals surface area (Å²) in [5, 5.41) is 0. The maximum Gasteiger partial charge on any atom is 0.425 e. The van der Waals surface area contributed by atoms with E-state index in [2.05, 4.69) is 0 Å². The molecular formula is C24H20N2O10S3. The Bertz CT molecular complexity index is 1780. The molecule has 0 amide bonds. The molecule has 15 heteroatoms. The molecular weight excluding hydrogens is 572 g/mol. The third-order valence-electron chi connectivity index (χ3n) is 4.86. The molecule has 0 spiro atoms. The van der Waals surface area contributed by atoms with Crippen molar-refractivity contribution in [3.63, 3.8) is 0 Å². The molecule has 0 aliphatic rings. The highest BCUT2D eigenvalue weighted by molar-refractivity contribution is 7.91. The van der Waals surface area contributed by atoms with Crippen molar-refractivity contribution >= 4 is 41.9 Å². The van der Waals surface area contributed by atoms with Gasteiger partial charge in [0.1, 0.15) is 27.9 Å². The van der Waals surface area contributed by atoms with Gasteiger partial charge in [0.15, 0.2) is 0 Å². The summed E-state index contributed by atoms with van der Waals surface area (Å²) >= 11 is 0. The number of sulfone groups is 1. The normalized spacial score (nSPS) is 11.1. The average molecular weight is 593 g/mol. The number of rotatable bonds is 7. The number of nitrogens with two attached hydrogens (primary N) is 2. The lowest BCUT2D eigenvalue weighted by atomic mass is 10.3. The second-order valence-electron chi connectivity index (χ2n) is 7.60. The Morgan fingerprint density at radius 2 is 0.974 bits per heavy atom. The third-order valence-corrected chi connectivity index (χ3v) is 7.50. The van der Waals surface area contributed by atoms with Crippen molar-refractivity contribution in [2.45, 2.75) is 14.7 Å². The van der Waals surface area contributed by atoms with E-state index < -0.39 is 35.5 Å². The largest absolute Gasteiger partial charge is 0.457 e.